The summed E-state index contributed by atoms with van der Waals surface area (Å²) >= 11 is 6.21. The summed E-state index contributed by atoms with van der Waals surface area (Å²) < 4.78 is 64.9. The van der Waals surface area contributed by atoms with Crippen LogP contribution in [0, 0.1) is 0 Å². The van der Waals surface area contributed by atoms with Crippen LogP contribution in [-0.4, -0.2) is 101 Å². The molecule has 2 unspecified atom stereocenters. The monoisotopic (exact) mass is 784 g/mol. The molecular formula is C36H36ClF3N8O7. The number of amides is 2. The van der Waals surface area contributed by atoms with Crippen molar-refractivity contribution in [1.29, 1.82) is 0 Å². The van der Waals surface area contributed by atoms with Gasteiger partial charge in [-0.2, -0.15) is 22.7 Å². The van der Waals surface area contributed by atoms with Gasteiger partial charge in [-0.25, -0.2) is 4.98 Å². The highest BCUT2D eigenvalue weighted by molar-refractivity contribution is 6.33. The number of ether oxygens (including phenoxy) is 4. The van der Waals surface area contributed by atoms with Crippen LogP contribution in [0.1, 0.15) is 64.9 Å². The van der Waals surface area contributed by atoms with Gasteiger partial charge in [0.2, 0.25) is 11.7 Å². The summed E-state index contributed by atoms with van der Waals surface area (Å²) in [5, 5.41) is 7.04. The second kappa shape index (κ2) is 14.5. The molecule has 1 saturated heterocycles. The molecule has 1 fully saturated rings. The number of alkyl halides is 3. The van der Waals surface area contributed by atoms with E-state index >= 15 is 0 Å². The zero-order valence-electron chi connectivity index (χ0n) is 29.8. The number of hydrogen-bond acceptors (Lipinski definition) is 11. The maximum Gasteiger partial charge on any atom is 0.416 e. The van der Waals surface area contributed by atoms with E-state index in [9.17, 15) is 27.6 Å². The van der Waals surface area contributed by atoms with Crippen molar-refractivity contribution < 1.29 is 41.7 Å². The molecule has 4 aromatic rings. The largest absolute Gasteiger partial charge is 0.489 e. The van der Waals surface area contributed by atoms with Gasteiger partial charge in [0.05, 0.1) is 41.8 Å². The number of carbonyl (C=O) groups is 2. The SMILES string of the molecule is COCOc1c(C(=O)N2CCN(c3c4n(c5nc(C6=CCOCC6)nn5c3=O)C(C(=O)Nc3ccc(C(F)(F)F)cc3Cl)CC4C)CC2)ncc2c1OCC2. The number of benzene rings is 1. The van der Waals surface area contributed by atoms with Gasteiger partial charge in [0.1, 0.15) is 11.7 Å². The lowest BCUT2D eigenvalue weighted by molar-refractivity contribution is -0.137. The fraction of sp³-hybridized carbons (Fsp3) is 0.444. The highest BCUT2D eigenvalue weighted by atomic mass is 35.5. The van der Waals surface area contributed by atoms with Crippen molar-refractivity contribution in [2.45, 2.75) is 44.3 Å². The van der Waals surface area contributed by atoms with Crippen molar-refractivity contribution in [2.75, 3.05) is 70.1 Å². The second-order valence-corrected chi connectivity index (χ2v) is 14.1. The number of rotatable bonds is 8. The number of aromatic nitrogens is 5. The van der Waals surface area contributed by atoms with Crippen molar-refractivity contribution in [1.82, 2.24) is 29.0 Å². The Morgan fingerprint density at radius 2 is 1.93 bits per heavy atom. The lowest BCUT2D eigenvalue weighted by Gasteiger charge is -2.36. The van der Waals surface area contributed by atoms with E-state index in [0.717, 1.165) is 29.3 Å². The molecule has 15 nitrogen and oxygen atoms in total. The second-order valence-electron chi connectivity index (χ2n) is 13.7. The quantitative estimate of drug-likeness (QED) is 0.254. The minimum atomic E-state index is -4.61. The molecule has 4 aliphatic heterocycles. The zero-order chi connectivity index (χ0) is 38.6. The van der Waals surface area contributed by atoms with Crippen LogP contribution in [0.3, 0.4) is 0 Å². The maximum atomic E-state index is 14.5. The molecule has 3 aromatic heterocycles. The Morgan fingerprint density at radius 1 is 1.13 bits per heavy atom. The minimum Gasteiger partial charge on any atom is -0.489 e. The molecule has 290 valence electrons. The molecule has 0 radical (unpaired) electrons. The van der Waals surface area contributed by atoms with Crippen LogP contribution in [0.15, 0.2) is 35.3 Å². The van der Waals surface area contributed by atoms with Crippen LogP contribution in [0.25, 0.3) is 11.4 Å². The van der Waals surface area contributed by atoms with Crippen LogP contribution in [0.4, 0.5) is 24.5 Å². The van der Waals surface area contributed by atoms with Gasteiger partial charge in [-0.05, 0) is 36.6 Å². The number of nitrogens with one attached hydrogen (secondary N) is 1. The van der Waals surface area contributed by atoms with E-state index in [-0.39, 0.29) is 79.1 Å². The molecule has 7 heterocycles. The van der Waals surface area contributed by atoms with E-state index in [1.165, 1.54) is 11.6 Å². The van der Waals surface area contributed by atoms with Crippen molar-refractivity contribution >= 4 is 46.1 Å². The maximum absolute atomic E-state index is 14.5. The normalized spacial score (nSPS) is 19.6. The highest BCUT2D eigenvalue weighted by Crippen LogP contribution is 2.43. The number of methoxy groups -OCH3 is 1. The Kier molecular flexibility index (Phi) is 9.67. The first-order valence-corrected chi connectivity index (χ1v) is 18.1. The van der Waals surface area contributed by atoms with E-state index in [0.29, 0.717) is 55.6 Å². The summed E-state index contributed by atoms with van der Waals surface area (Å²) in [7, 11) is 1.47. The molecule has 0 aliphatic carbocycles. The van der Waals surface area contributed by atoms with Crippen LogP contribution in [-0.2, 0) is 26.9 Å². The Bertz CT molecular complexity index is 2290. The standard InChI is InChI=1S/C36H36ClF3N8O7/c1-19-15-25(32(49)42-24-4-3-22(16-23(24)37)36(38,39)40)47-27(19)28(34(51)48-35(47)43-31(44-48)20-5-12-53-13-6-20)45-8-10-46(11-9-45)33(50)26-30(55-18-52-2)29-21(17-41-26)7-14-54-29/h3-5,16-17,19,25H,6-15,18H2,1-2H3,(H,42,49). The van der Waals surface area contributed by atoms with E-state index in [1.54, 1.807) is 15.7 Å². The predicted molar refractivity (Wildman–Crippen MR) is 192 cm³/mol. The molecule has 1 N–H and O–H groups in total. The molecule has 8 rings (SSSR count). The molecular weight excluding hydrogens is 749 g/mol. The zero-order valence-corrected chi connectivity index (χ0v) is 30.6. The van der Waals surface area contributed by atoms with Crippen LogP contribution in [0.5, 0.6) is 11.5 Å². The van der Waals surface area contributed by atoms with Crippen LogP contribution < -0.4 is 25.2 Å². The van der Waals surface area contributed by atoms with E-state index in [2.05, 4.69) is 15.4 Å². The number of pyridine rings is 1. The fourth-order valence-electron chi connectivity index (χ4n) is 7.55. The van der Waals surface area contributed by atoms with Gasteiger partial charge in [0.25, 0.3) is 11.5 Å². The number of anilines is 2. The topological polar surface area (TPSA) is 155 Å². The molecule has 0 saturated carbocycles. The van der Waals surface area contributed by atoms with Gasteiger partial charge in [-0.1, -0.05) is 24.6 Å². The smallest absolute Gasteiger partial charge is 0.416 e. The highest BCUT2D eigenvalue weighted by Gasteiger charge is 2.41. The fourth-order valence-corrected chi connectivity index (χ4v) is 7.78. The summed E-state index contributed by atoms with van der Waals surface area (Å²) in [6.45, 7) is 4.06. The van der Waals surface area contributed by atoms with Crippen molar-refractivity contribution in [3.8, 4) is 11.5 Å². The molecule has 0 spiro atoms. The summed E-state index contributed by atoms with van der Waals surface area (Å²) in [5.41, 5.74) is 1.24. The third-order valence-electron chi connectivity index (χ3n) is 10.3. The Morgan fingerprint density at radius 3 is 2.64 bits per heavy atom. The van der Waals surface area contributed by atoms with E-state index in [1.807, 2.05) is 17.9 Å². The molecule has 0 bridgehead atoms. The Labute approximate surface area is 316 Å². The number of carbonyl (C=O) groups excluding carboxylic acids is 2. The average molecular weight is 785 g/mol. The molecule has 55 heavy (non-hydrogen) atoms. The molecule has 4 aliphatic rings. The van der Waals surface area contributed by atoms with Crippen LogP contribution in [0.2, 0.25) is 5.02 Å². The predicted octanol–water partition coefficient (Wildman–Crippen LogP) is 4.33. The summed E-state index contributed by atoms with van der Waals surface area (Å²) in [6, 6.07) is 1.79. The summed E-state index contributed by atoms with van der Waals surface area (Å²) in [4.78, 5) is 55.1. The average Bonchev–Trinajstić information content (AvgIpc) is 3.93. The minimum absolute atomic E-state index is 0.00793. The van der Waals surface area contributed by atoms with E-state index < -0.39 is 29.2 Å². The van der Waals surface area contributed by atoms with Gasteiger partial charge in [-0.3, -0.25) is 19.0 Å². The van der Waals surface area contributed by atoms with Gasteiger partial charge in [-0.15, -0.1) is 5.10 Å². The molecule has 2 amide bonds. The first-order chi connectivity index (χ1) is 26.4. The summed E-state index contributed by atoms with van der Waals surface area (Å²) in [6.07, 6.45) is 0.274. The number of piperazine rings is 1. The Balaban J connectivity index is 1.13. The van der Waals surface area contributed by atoms with Gasteiger partial charge in [0.15, 0.2) is 29.8 Å². The third kappa shape index (κ3) is 6.65. The number of hydrogen-bond donors (Lipinski definition) is 1. The van der Waals surface area contributed by atoms with E-state index in [4.69, 9.17) is 35.5 Å². The lowest BCUT2D eigenvalue weighted by atomic mass is 10.0. The number of halogens is 4. The third-order valence-corrected chi connectivity index (χ3v) is 10.6. The van der Waals surface area contributed by atoms with Gasteiger partial charge >= 0.3 is 6.18 Å². The first-order valence-electron chi connectivity index (χ1n) is 17.7. The summed E-state index contributed by atoms with van der Waals surface area (Å²) in [5.74, 6) is -0.0675. The van der Waals surface area contributed by atoms with Crippen molar-refractivity contribution in [3.63, 3.8) is 0 Å². The van der Waals surface area contributed by atoms with Crippen LogP contribution >= 0.6 is 11.6 Å². The molecule has 2 atom stereocenters. The van der Waals surface area contributed by atoms with Gasteiger partial charge in [0, 0.05) is 57.4 Å². The van der Waals surface area contributed by atoms with Crippen molar-refractivity contribution in [2.24, 2.45) is 0 Å². The Hall–Kier alpha value is -5.20. The lowest BCUT2D eigenvalue weighted by Crippen LogP contribution is -2.51. The van der Waals surface area contributed by atoms with Gasteiger partial charge < -0.3 is 34.1 Å². The first kappa shape index (κ1) is 36.8. The number of fused-ring (bicyclic) bond motifs is 4. The molecule has 1 aromatic carbocycles. The number of nitrogens with zero attached hydrogens (tertiary/aromatic N) is 7. The van der Waals surface area contributed by atoms with Crippen molar-refractivity contribution in [3.05, 3.63) is 74.2 Å². The molecule has 19 heteroatoms.